The normalized spacial score (nSPS) is 10.7. The van der Waals surface area contributed by atoms with E-state index in [0.717, 1.165) is 0 Å². The van der Waals surface area contributed by atoms with Gasteiger partial charge in [0, 0.05) is 18.5 Å². The van der Waals surface area contributed by atoms with Gasteiger partial charge in [-0.1, -0.05) is 30.3 Å². The fourth-order valence-electron chi connectivity index (χ4n) is 2.71. The summed E-state index contributed by atoms with van der Waals surface area (Å²) in [5, 5.41) is 11.2. The Hall–Kier alpha value is -2.95. The Morgan fingerprint density at radius 2 is 1.61 bits per heavy atom. The Morgan fingerprint density at radius 1 is 1.00 bits per heavy atom. The Morgan fingerprint density at radius 3 is 2.22 bits per heavy atom. The number of aryl methyl sites for hydroxylation is 1. The van der Waals surface area contributed by atoms with E-state index >= 15 is 0 Å². The molecule has 0 bridgehead atoms. The molecule has 3 aromatic rings. The molecule has 0 saturated carbocycles. The Labute approximate surface area is 133 Å². The third-order valence-electron chi connectivity index (χ3n) is 3.94. The van der Waals surface area contributed by atoms with E-state index in [1.165, 1.54) is 18.8 Å². The molecule has 1 heterocycles. The number of nitrogens with zero attached hydrogens (tertiary/aromatic N) is 1. The van der Waals surface area contributed by atoms with Gasteiger partial charge in [-0.15, -0.1) is 0 Å². The highest BCUT2D eigenvalue weighted by Gasteiger charge is 2.18. The van der Waals surface area contributed by atoms with Crippen molar-refractivity contribution in [2.24, 2.45) is 7.05 Å². The van der Waals surface area contributed by atoms with Crippen LogP contribution in [0.3, 0.4) is 0 Å². The fraction of sp³-hybridized carbons (Fsp3) is 0.167. The number of fused-ring (bicyclic) bond motifs is 1. The maximum atomic E-state index is 12.7. The second kappa shape index (κ2) is 5.68. The highest BCUT2D eigenvalue weighted by molar-refractivity contribution is 5.94. The summed E-state index contributed by atoms with van der Waals surface area (Å²) < 4.78 is 12.1. The van der Waals surface area contributed by atoms with Gasteiger partial charge in [0.2, 0.25) is 0 Å². The molecule has 23 heavy (non-hydrogen) atoms. The summed E-state index contributed by atoms with van der Waals surface area (Å²) in [7, 11) is 4.73. The van der Waals surface area contributed by atoms with Crippen molar-refractivity contribution in [1.82, 2.24) is 4.57 Å². The molecular formula is C18H17NO4. The topological polar surface area (TPSA) is 60.7 Å². The van der Waals surface area contributed by atoms with Gasteiger partial charge in [-0.2, -0.15) is 0 Å². The molecule has 0 radical (unpaired) electrons. The molecule has 5 heteroatoms. The smallest absolute Gasteiger partial charge is 0.262 e. The lowest BCUT2D eigenvalue weighted by Crippen LogP contribution is -2.19. The van der Waals surface area contributed by atoms with Crippen LogP contribution in [-0.4, -0.2) is 23.9 Å². The number of ether oxygens (including phenoxy) is 2. The van der Waals surface area contributed by atoms with E-state index in [1.54, 1.807) is 31.3 Å². The first-order valence-corrected chi connectivity index (χ1v) is 7.11. The van der Waals surface area contributed by atoms with Gasteiger partial charge in [0.25, 0.3) is 5.56 Å². The van der Waals surface area contributed by atoms with Crippen molar-refractivity contribution in [2.75, 3.05) is 14.2 Å². The fourth-order valence-corrected chi connectivity index (χ4v) is 2.71. The number of hydrogen-bond donors (Lipinski definition) is 1. The zero-order valence-electron chi connectivity index (χ0n) is 13.2. The summed E-state index contributed by atoms with van der Waals surface area (Å²) in [6.07, 6.45) is 0. The summed E-state index contributed by atoms with van der Waals surface area (Å²) in [5.41, 5.74) is 1.24. The molecule has 118 valence electrons. The zero-order valence-corrected chi connectivity index (χ0v) is 13.2. The van der Waals surface area contributed by atoms with Crippen LogP contribution in [0.2, 0.25) is 0 Å². The van der Waals surface area contributed by atoms with Gasteiger partial charge in [-0.3, -0.25) is 4.79 Å². The van der Waals surface area contributed by atoms with E-state index in [-0.39, 0.29) is 16.9 Å². The number of methoxy groups -OCH3 is 2. The maximum absolute atomic E-state index is 12.7. The van der Waals surface area contributed by atoms with Gasteiger partial charge < -0.3 is 19.1 Å². The van der Waals surface area contributed by atoms with E-state index in [4.69, 9.17) is 9.47 Å². The van der Waals surface area contributed by atoms with E-state index in [1.807, 2.05) is 18.2 Å². The van der Waals surface area contributed by atoms with Crippen LogP contribution in [-0.2, 0) is 7.05 Å². The van der Waals surface area contributed by atoms with Gasteiger partial charge in [-0.05, 0) is 11.6 Å². The molecule has 0 saturated heterocycles. The third-order valence-corrected chi connectivity index (χ3v) is 3.94. The van der Waals surface area contributed by atoms with Crippen LogP contribution in [0.5, 0.6) is 17.2 Å². The summed E-state index contributed by atoms with van der Waals surface area (Å²) >= 11 is 0. The molecule has 0 atom stereocenters. The predicted octanol–water partition coefficient (Wildman–Crippen LogP) is 2.93. The molecule has 0 aliphatic carbocycles. The number of rotatable bonds is 3. The molecule has 0 aliphatic heterocycles. The lowest BCUT2D eigenvalue weighted by Gasteiger charge is -2.15. The number of aromatic nitrogens is 1. The minimum Gasteiger partial charge on any atom is -0.506 e. The Balaban J connectivity index is 2.44. The van der Waals surface area contributed by atoms with E-state index < -0.39 is 0 Å². The van der Waals surface area contributed by atoms with Crippen LogP contribution < -0.4 is 15.0 Å². The average molecular weight is 311 g/mol. The summed E-state index contributed by atoms with van der Waals surface area (Å²) in [6, 6.07) is 12.5. The first-order valence-electron chi connectivity index (χ1n) is 7.11. The van der Waals surface area contributed by atoms with Crippen molar-refractivity contribution in [3.8, 4) is 28.4 Å². The lowest BCUT2D eigenvalue weighted by molar-refractivity contribution is 0.355. The molecule has 0 fully saturated rings. The summed E-state index contributed by atoms with van der Waals surface area (Å²) in [4.78, 5) is 12.7. The molecule has 3 rings (SSSR count). The minimum absolute atomic E-state index is 0.0600. The van der Waals surface area contributed by atoms with Crippen LogP contribution in [0.15, 0.2) is 47.3 Å². The second-order valence-electron chi connectivity index (χ2n) is 5.18. The van der Waals surface area contributed by atoms with Crippen LogP contribution in [0.4, 0.5) is 0 Å². The van der Waals surface area contributed by atoms with Crippen LogP contribution in [0, 0.1) is 0 Å². The number of aromatic hydroxyl groups is 1. The van der Waals surface area contributed by atoms with Gasteiger partial charge in [0.1, 0.15) is 5.75 Å². The van der Waals surface area contributed by atoms with Crippen molar-refractivity contribution >= 4 is 10.9 Å². The molecule has 1 N–H and O–H groups in total. The van der Waals surface area contributed by atoms with Crippen LogP contribution in [0.25, 0.3) is 22.0 Å². The number of benzene rings is 2. The Kier molecular flexibility index (Phi) is 3.70. The lowest BCUT2D eigenvalue weighted by atomic mass is 10.0. The molecule has 1 aromatic heterocycles. The minimum atomic E-state index is -0.270. The van der Waals surface area contributed by atoms with Gasteiger partial charge >= 0.3 is 0 Å². The molecule has 2 aromatic carbocycles. The first-order chi connectivity index (χ1) is 11.1. The van der Waals surface area contributed by atoms with Gasteiger partial charge in [-0.25, -0.2) is 0 Å². The van der Waals surface area contributed by atoms with E-state index in [9.17, 15) is 9.90 Å². The monoisotopic (exact) mass is 311 g/mol. The number of hydrogen-bond acceptors (Lipinski definition) is 4. The van der Waals surface area contributed by atoms with Crippen molar-refractivity contribution in [2.45, 2.75) is 0 Å². The highest BCUT2D eigenvalue weighted by atomic mass is 16.5. The highest BCUT2D eigenvalue weighted by Crippen LogP contribution is 2.38. The summed E-state index contributed by atoms with van der Waals surface area (Å²) in [6.45, 7) is 0. The predicted molar refractivity (Wildman–Crippen MR) is 89.4 cm³/mol. The van der Waals surface area contributed by atoms with Crippen molar-refractivity contribution in [3.05, 3.63) is 52.8 Å². The molecule has 0 unspecified atom stereocenters. The van der Waals surface area contributed by atoms with Crippen LogP contribution >= 0.6 is 0 Å². The Bertz CT molecular complexity index is 929. The average Bonchev–Trinajstić information content (AvgIpc) is 2.59. The SMILES string of the molecule is COc1cc2c(O)c(-c3ccccc3)c(=O)n(C)c2cc1OC. The largest absolute Gasteiger partial charge is 0.506 e. The first kappa shape index (κ1) is 15.0. The molecular weight excluding hydrogens is 294 g/mol. The standard InChI is InChI=1S/C18H17NO4/c1-19-13-10-15(23-3)14(22-2)9-12(13)17(20)16(18(19)21)11-7-5-4-6-8-11/h4-10,20H,1-3H3. The summed E-state index contributed by atoms with van der Waals surface area (Å²) in [5.74, 6) is 0.935. The van der Waals surface area contributed by atoms with Gasteiger partial charge in [0.15, 0.2) is 11.5 Å². The number of pyridine rings is 1. The second-order valence-corrected chi connectivity index (χ2v) is 5.18. The molecule has 0 aliphatic rings. The molecule has 0 spiro atoms. The zero-order chi connectivity index (χ0) is 16.6. The van der Waals surface area contributed by atoms with Gasteiger partial charge in [0.05, 0.1) is 25.3 Å². The van der Waals surface area contributed by atoms with Crippen molar-refractivity contribution < 1.29 is 14.6 Å². The van der Waals surface area contributed by atoms with Crippen molar-refractivity contribution in [3.63, 3.8) is 0 Å². The molecule has 5 nitrogen and oxygen atoms in total. The van der Waals surface area contributed by atoms with E-state index in [0.29, 0.717) is 28.0 Å². The third kappa shape index (κ3) is 2.30. The maximum Gasteiger partial charge on any atom is 0.262 e. The molecule has 0 amide bonds. The van der Waals surface area contributed by atoms with Crippen LogP contribution in [0.1, 0.15) is 0 Å². The van der Waals surface area contributed by atoms with Crippen molar-refractivity contribution in [1.29, 1.82) is 0 Å². The quantitative estimate of drug-likeness (QED) is 0.808. The van der Waals surface area contributed by atoms with E-state index in [2.05, 4.69) is 0 Å².